The van der Waals surface area contributed by atoms with E-state index in [-0.39, 0.29) is 0 Å². The normalized spacial score (nSPS) is 11.5. The number of hydrogen-bond donors (Lipinski definition) is 0. The molecule has 20 aromatic carbocycles. The number of benzene rings is 20. The predicted octanol–water partition coefficient (Wildman–Crippen LogP) is 34.3. The Hall–Kier alpha value is -16.1. The van der Waals surface area contributed by atoms with E-state index in [9.17, 15) is 0 Å². The Morgan fingerprint density at radius 1 is 0.190 bits per heavy atom. The number of hydrogen-bond acceptors (Lipinski definition) is 6. The van der Waals surface area contributed by atoms with Crippen LogP contribution in [0.25, 0.3) is 140 Å². The molecule has 24 rings (SSSR count). The highest BCUT2D eigenvalue weighted by Gasteiger charge is 2.24. The van der Waals surface area contributed by atoms with Crippen LogP contribution >= 0.6 is 22.7 Å². The Bertz CT molecular complexity index is 8130. The molecule has 24 aromatic rings. The molecule has 0 unspecified atom stereocenters. The van der Waals surface area contributed by atoms with Gasteiger partial charge in [0.15, 0.2) is 0 Å². The van der Waals surface area contributed by atoms with Crippen LogP contribution in [0.1, 0.15) is 0 Å². The van der Waals surface area contributed by atoms with Gasteiger partial charge in [0.2, 0.25) is 0 Å². The molecule has 0 saturated heterocycles. The van der Waals surface area contributed by atoms with E-state index in [1.54, 1.807) is 11.3 Å². The van der Waals surface area contributed by atoms with E-state index in [1.807, 2.05) is 11.3 Å². The molecule has 126 heavy (non-hydrogen) atoms. The van der Waals surface area contributed by atoms with E-state index in [1.165, 1.54) is 106 Å². The van der Waals surface area contributed by atoms with E-state index >= 15 is 0 Å². The van der Waals surface area contributed by atoms with Gasteiger partial charge in [-0.3, -0.25) is 0 Å². The first-order valence-corrected chi connectivity index (χ1v) is 44.5. The Balaban J connectivity index is 0.000000151. The maximum atomic E-state index is 2.46. The summed E-state index contributed by atoms with van der Waals surface area (Å²) in [6.07, 6.45) is 2.18. The van der Waals surface area contributed by atoms with Gasteiger partial charge in [0.1, 0.15) is 0 Å². The SMILES string of the molecule is c1ccc(-c2ccc(N(c3ccc(-c4ccc(N(c5ccccc5)c5ccc6c(c5)c5ccc7ccccc7c5n6-c5ccc6ccccc6c5)cc4)cc3)c3ccc4c(c3)sc3ccccc34)cc2)cc1.c1ccc(N(c2ccc(-c3cccc(N(c4ccccc4)c4cccc5c4ccc4c5ccn4-c4ccccc4)c3)cc2)c2ccc3ccsc3c2)cc1. The van der Waals surface area contributed by atoms with Crippen molar-refractivity contribution in [2.45, 2.75) is 0 Å². The Morgan fingerprint density at radius 3 is 1.27 bits per heavy atom. The number of fused-ring (bicyclic) bond motifs is 13. The highest BCUT2D eigenvalue weighted by molar-refractivity contribution is 7.25. The first-order valence-electron chi connectivity index (χ1n) is 42.8. The van der Waals surface area contributed by atoms with Crippen LogP contribution in [0, 0.1) is 0 Å². The van der Waals surface area contributed by atoms with Crippen molar-refractivity contribution >= 4 is 186 Å². The van der Waals surface area contributed by atoms with Crippen molar-refractivity contribution in [1.29, 1.82) is 0 Å². The third kappa shape index (κ3) is 13.9. The Kier molecular flexibility index (Phi) is 19.2. The zero-order chi connectivity index (χ0) is 83.4. The molecule has 0 N–H and O–H groups in total. The van der Waals surface area contributed by atoms with Crippen molar-refractivity contribution in [3.05, 3.63) is 485 Å². The predicted molar refractivity (Wildman–Crippen MR) is 540 cm³/mol. The quantitative estimate of drug-likeness (QED) is 0.0906. The fourth-order valence-electron chi connectivity index (χ4n) is 18.6. The highest BCUT2D eigenvalue weighted by Crippen LogP contribution is 2.48. The van der Waals surface area contributed by atoms with E-state index in [2.05, 4.69) is 513 Å². The van der Waals surface area contributed by atoms with Gasteiger partial charge in [-0.1, -0.05) is 279 Å². The second kappa shape index (κ2) is 32.4. The summed E-state index contributed by atoms with van der Waals surface area (Å²) >= 11 is 3.63. The molecule has 0 atom stereocenters. The summed E-state index contributed by atoms with van der Waals surface area (Å²) in [5.74, 6) is 0. The number of anilines is 12. The fraction of sp³-hybridized carbons (Fsp3) is 0. The number of rotatable bonds is 17. The molecule has 4 heterocycles. The molecule has 0 fully saturated rings. The molecule has 0 spiro atoms. The van der Waals surface area contributed by atoms with Crippen molar-refractivity contribution < 1.29 is 0 Å². The first-order chi connectivity index (χ1) is 62.5. The van der Waals surface area contributed by atoms with Crippen molar-refractivity contribution in [2.24, 2.45) is 0 Å². The molecule has 594 valence electrons. The molecule has 0 radical (unpaired) electrons. The standard InChI is InChI=1S/C68H45N3S.C50H35N3S/c1-3-13-46(14-4-1)48-23-31-55(32-24-48)70(59-38-41-62-61-21-11-12-22-66(61)72-67(62)45-59)56-35-27-50(28-36-56)49-25-33-54(34-26-49)69(53-18-5-2-6-19-53)58-39-42-65-64(44-58)63-40-30-51-16-9-10-20-60(51)68(63)71(65)57-37-29-47-15-7-8-17-52(47)43-57;1-4-13-39(14-5-1)51-32-30-47-45-20-11-21-49(46(45)28-29-48(47)51)53(41-17-8-3-9-18-41)43-19-10-12-38(34-43)36-22-25-42(26-23-36)52(40-15-6-2-7-16-40)44-27-24-37-31-33-54-50(37)35-44/h1-45H;1-35H. The van der Waals surface area contributed by atoms with Gasteiger partial charge in [0.05, 0.1) is 22.2 Å². The minimum atomic E-state index is 1.09. The van der Waals surface area contributed by atoms with Crippen molar-refractivity contribution in [2.75, 3.05) is 19.6 Å². The molecule has 0 saturated carbocycles. The Labute approximate surface area is 739 Å². The average molecular weight is 1650 g/mol. The summed E-state index contributed by atoms with van der Waals surface area (Å²) in [6, 6.07) is 172. The van der Waals surface area contributed by atoms with Crippen molar-refractivity contribution in [1.82, 2.24) is 9.13 Å². The van der Waals surface area contributed by atoms with Crippen LogP contribution < -0.4 is 19.6 Å². The first kappa shape index (κ1) is 74.9. The van der Waals surface area contributed by atoms with Gasteiger partial charge in [-0.25, -0.2) is 0 Å². The van der Waals surface area contributed by atoms with Gasteiger partial charge < -0.3 is 28.7 Å². The number of aromatic nitrogens is 2. The van der Waals surface area contributed by atoms with E-state index in [0.29, 0.717) is 0 Å². The van der Waals surface area contributed by atoms with E-state index in [0.717, 1.165) is 102 Å². The lowest BCUT2D eigenvalue weighted by molar-refractivity contribution is 1.13. The van der Waals surface area contributed by atoms with Crippen LogP contribution in [0.3, 0.4) is 0 Å². The molecule has 4 aromatic heterocycles. The van der Waals surface area contributed by atoms with Crippen LogP contribution in [0.15, 0.2) is 485 Å². The third-order valence-electron chi connectivity index (χ3n) is 24.6. The van der Waals surface area contributed by atoms with Crippen molar-refractivity contribution in [3.8, 4) is 44.8 Å². The second-order valence-electron chi connectivity index (χ2n) is 32.0. The molecular weight excluding hydrogens is 1570 g/mol. The minimum absolute atomic E-state index is 1.09. The summed E-state index contributed by atoms with van der Waals surface area (Å²) in [6.45, 7) is 0. The van der Waals surface area contributed by atoms with Crippen LogP contribution in [-0.4, -0.2) is 9.13 Å². The van der Waals surface area contributed by atoms with Gasteiger partial charge in [-0.05, 0) is 260 Å². The van der Waals surface area contributed by atoms with Gasteiger partial charge in [-0.15, -0.1) is 22.7 Å². The largest absolute Gasteiger partial charge is 0.317 e. The van der Waals surface area contributed by atoms with Crippen LogP contribution in [0.4, 0.5) is 68.2 Å². The highest BCUT2D eigenvalue weighted by atomic mass is 32.1. The van der Waals surface area contributed by atoms with E-state index in [4.69, 9.17) is 0 Å². The Morgan fingerprint density at radius 2 is 0.619 bits per heavy atom. The van der Waals surface area contributed by atoms with Crippen LogP contribution in [0.2, 0.25) is 0 Å². The minimum Gasteiger partial charge on any atom is -0.317 e. The van der Waals surface area contributed by atoms with Gasteiger partial charge in [0.25, 0.3) is 0 Å². The van der Waals surface area contributed by atoms with Crippen LogP contribution in [-0.2, 0) is 0 Å². The third-order valence-corrected chi connectivity index (χ3v) is 26.6. The topological polar surface area (TPSA) is 22.8 Å². The molecule has 0 aliphatic carbocycles. The van der Waals surface area contributed by atoms with Gasteiger partial charge in [-0.2, -0.15) is 0 Å². The number of para-hydroxylation sites is 4. The summed E-state index contributed by atoms with van der Waals surface area (Å²) < 4.78 is 8.60. The molecular formula is C118H80N6S2. The summed E-state index contributed by atoms with van der Waals surface area (Å²) in [5, 5.41) is 17.1. The summed E-state index contributed by atoms with van der Waals surface area (Å²) in [4.78, 5) is 9.47. The molecule has 0 aliphatic rings. The van der Waals surface area contributed by atoms with Gasteiger partial charge in [0, 0.05) is 132 Å². The smallest absolute Gasteiger partial charge is 0.0619 e. The maximum Gasteiger partial charge on any atom is 0.0619 e. The fourth-order valence-corrected chi connectivity index (χ4v) is 20.5. The zero-order valence-corrected chi connectivity index (χ0v) is 70.3. The molecule has 0 bridgehead atoms. The van der Waals surface area contributed by atoms with E-state index < -0.39 is 0 Å². The van der Waals surface area contributed by atoms with Crippen LogP contribution in [0.5, 0.6) is 0 Å². The lowest BCUT2D eigenvalue weighted by Crippen LogP contribution is -2.10. The monoisotopic (exact) mass is 1640 g/mol. The maximum absolute atomic E-state index is 2.46. The van der Waals surface area contributed by atoms with Gasteiger partial charge >= 0.3 is 0 Å². The number of nitrogens with zero attached hydrogens (tertiary/aromatic N) is 6. The lowest BCUT2D eigenvalue weighted by Gasteiger charge is -2.27. The lowest BCUT2D eigenvalue weighted by atomic mass is 10.0. The molecule has 0 amide bonds. The molecule has 6 nitrogen and oxygen atoms in total. The molecule has 0 aliphatic heterocycles. The average Bonchev–Trinajstić information content (AvgIpc) is 1.57. The zero-order valence-electron chi connectivity index (χ0n) is 68.7. The summed E-state index contributed by atoms with van der Waals surface area (Å²) in [7, 11) is 0. The molecule has 8 heteroatoms. The second-order valence-corrected chi connectivity index (χ2v) is 34.0. The van der Waals surface area contributed by atoms with Crippen molar-refractivity contribution in [3.63, 3.8) is 0 Å². The summed E-state index contributed by atoms with van der Waals surface area (Å²) in [5.41, 5.74) is 26.3. The number of thiophene rings is 2.